The molecule has 0 radical (unpaired) electrons. The molecular weight excluding hydrogens is 253 g/mol. The summed E-state index contributed by atoms with van der Waals surface area (Å²) in [6, 6.07) is 0. The number of nitrogens with zero attached hydrogens (tertiary/aromatic N) is 2. The predicted octanol–water partition coefficient (Wildman–Crippen LogP) is 0.256. The van der Waals surface area contributed by atoms with Crippen LogP contribution in [0.5, 0.6) is 0 Å². The van der Waals surface area contributed by atoms with Gasteiger partial charge in [-0.3, -0.25) is 14.5 Å². The third kappa shape index (κ3) is 4.91. The first-order valence-electron chi connectivity index (χ1n) is 5.45. The van der Waals surface area contributed by atoms with Crippen LogP contribution in [0.4, 0.5) is 13.2 Å². The van der Waals surface area contributed by atoms with Gasteiger partial charge in [-0.05, 0) is 0 Å². The summed E-state index contributed by atoms with van der Waals surface area (Å²) in [5, 5.41) is 0. The van der Waals surface area contributed by atoms with E-state index < -0.39 is 24.6 Å². The summed E-state index contributed by atoms with van der Waals surface area (Å²) in [6.07, 6.45) is -4.24. The SMILES string of the molecule is COC(=O)CCN1CCN(CC(F)(F)F)C(=O)C1. The zero-order valence-corrected chi connectivity index (χ0v) is 10.00. The number of esters is 1. The van der Waals surface area contributed by atoms with Crippen LogP contribution in [0.1, 0.15) is 6.42 Å². The third-order valence-corrected chi connectivity index (χ3v) is 2.63. The van der Waals surface area contributed by atoms with Gasteiger partial charge >= 0.3 is 12.1 Å². The molecule has 1 aliphatic rings. The number of alkyl halides is 3. The van der Waals surface area contributed by atoms with E-state index in [4.69, 9.17) is 0 Å². The molecule has 1 fully saturated rings. The largest absolute Gasteiger partial charge is 0.469 e. The zero-order chi connectivity index (χ0) is 13.8. The highest BCUT2D eigenvalue weighted by Crippen LogP contribution is 2.18. The fraction of sp³-hybridized carbons (Fsp3) is 0.800. The Morgan fingerprint density at radius 2 is 2.06 bits per heavy atom. The van der Waals surface area contributed by atoms with Gasteiger partial charge in [-0.2, -0.15) is 13.2 Å². The minimum Gasteiger partial charge on any atom is -0.469 e. The van der Waals surface area contributed by atoms with Crippen LogP contribution in [0.2, 0.25) is 0 Å². The molecule has 0 bridgehead atoms. The van der Waals surface area contributed by atoms with Gasteiger partial charge in [0.15, 0.2) is 0 Å². The Labute approximate surface area is 102 Å². The van der Waals surface area contributed by atoms with E-state index in [0.29, 0.717) is 13.1 Å². The lowest BCUT2D eigenvalue weighted by Gasteiger charge is -2.34. The van der Waals surface area contributed by atoms with Crippen LogP contribution in [0, 0.1) is 0 Å². The summed E-state index contributed by atoms with van der Waals surface area (Å²) in [5.41, 5.74) is 0. The molecule has 1 amide bonds. The molecule has 0 aromatic rings. The van der Waals surface area contributed by atoms with E-state index in [1.54, 1.807) is 4.90 Å². The van der Waals surface area contributed by atoms with E-state index in [0.717, 1.165) is 4.90 Å². The summed E-state index contributed by atoms with van der Waals surface area (Å²) in [4.78, 5) is 24.8. The second-order valence-corrected chi connectivity index (χ2v) is 4.03. The van der Waals surface area contributed by atoms with E-state index in [2.05, 4.69) is 4.74 Å². The predicted molar refractivity (Wildman–Crippen MR) is 55.7 cm³/mol. The van der Waals surface area contributed by atoms with Gasteiger partial charge in [0.05, 0.1) is 20.1 Å². The molecule has 0 aromatic heterocycles. The average molecular weight is 268 g/mol. The number of methoxy groups -OCH3 is 1. The second-order valence-electron chi connectivity index (χ2n) is 4.03. The molecule has 5 nitrogen and oxygen atoms in total. The number of carbonyl (C=O) groups excluding carboxylic acids is 2. The summed E-state index contributed by atoms with van der Waals surface area (Å²) in [7, 11) is 1.26. The fourth-order valence-corrected chi connectivity index (χ4v) is 1.68. The number of rotatable bonds is 4. The Morgan fingerprint density at radius 1 is 1.39 bits per heavy atom. The summed E-state index contributed by atoms with van der Waals surface area (Å²) in [6.45, 7) is -0.625. The molecule has 0 saturated carbocycles. The standard InChI is InChI=1S/C10H15F3N2O3/c1-18-9(17)2-3-14-4-5-15(8(16)6-14)7-10(11,12)13/h2-7H2,1H3. The molecule has 18 heavy (non-hydrogen) atoms. The molecular formula is C10H15F3N2O3. The number of hydrogen-bond acceptors (Lipinski definition) is 4. The lowest BCUT2D eigenvalue weighted by molar-refractivity contribution is -0.165. The van der Waals surface area contributed by atoms with Gasteiger partial charge in [0.2, 0.25) is 5.91 Å². The summed E-state index contributed by atoms with van der Waals surface area (Å²) in [5.74, 6) is -0.969. The van der Waals surface area contributed by atoms with Crippen molar-refractivity contribution >= 4 is 11.9 Å². The summed E-state index contributed by atoms with van der Waals surface area (Å²) >= 11 is 0. The van der Waals surface area contributed by atoms with Crippen LogP contribution >= 0.6 is 0 Å². The zero-order valence-electron chi connectivity index (χ0n) is 10.00. The number of carbonyl (C=O) groups is 2. The fourth-order valence-electron chi connectivity index (χ4n) is 1.68. The van der Waals surface area contributed by atoms with Crippen LogP contribution in [-0.2, 0) is 14.3 Å². The topological polar surface area (TPSA) is 49.9 Å². The molecule has 1 aliphatic heterocycles. The Bertz CT molecular complexity index is 320. The maximum Gasteiger partial charge on any atom is 0.406 e. The van der Waals surface area contributed by atoms with Crippen molar-refractivity contribution in [2.75, 3.05) is 39.8 Å². The molecule has 0 aliphatic carbocycles. The van der Waals surface area contributed by atoms with Crippen molar-refractivity contribution < 1.29 is 27.5 Å². The van der Waals surface area contributed by atoms with E-state index in [-0.39, 0.29) is 19.5 Å². The quantitative estimate of drug-likeness (QED) is 0.686. The molecule has 0 N–H and O–H groups in total. The molecule has 0 atom stereocenters. The Morgan fingerprint density at radius 3 is 2.56 bits per heavy atom. The average Bonchev–Trinajstić information content (AvgIpc) is 2.27. The molecule has 0 aromatic carbocycles. The first kappa shape index (κ1) is 14.7. The van der Waals surface area contributed by atoms with Crippen LogP contribution in [0.15, 0.2) is 0 Å². The number of hydrogen-bond donors (Lipinski definition) is 0. The van der Waals surface area contributed by atoms with Crippen LogP contribution in [-0.4, -0.2) is 67.7 Å². The molecule has 1 saturated heterocycles. The van der Waals surface area contributed by atoms with Crippen molar-refractivity contribution in [2.24, 2.45) is 0 Å². The normalized spacial score (nSPS) is 18.0. The number of piperazine rings is 1. The smallest absolute Gasteiger partial charge is 0.406 e. The van der Waals surface area contributed by atoms with Gasteiger partial charge in [-0.15, -0.1) is 0 Å². The Hall–Kier alpha value is -1.31. The van der Waals surface area contributed by atoms with Crippen molar-refractivity contribution in [3.63, 3.8) is 0 Å². The monoisotopic (exact) mass is 268 g/mol. The highest BCUT2D eigenvalue weighted by molar-refractivity contribution is 5.79. The van der Waals surface area contributed by atoms with Crippen LogP contribution in [0.25, 0.3) is 0 Å². The van der Waals surface area contributed by atoms with Gasteiger partial charge in [0.25, 0.3) is 0 Å². The van der Waals surface area contributed by atoms with Gasteiger partial charge < -0.3 is 9.64 Å². The van der Waals surface area contributed by atoms with Gasteiger partial charge in [0.1, 0.15) is 6.54 Å². The van der Waals surface area contributed by atoms with Crippen molar-refractivity contribution in [1.29, 1.82) is 0 Å². The van der Waals surface area contributed by atoms with Gasteiger partial charge in [0, 0.05) is 19.6 Å². The number of halogens is 3. The highest BCUT2D eigenvalue weighted by atomic mass is 19.4. The third-order valence-electron chi connectivity index (χ3n) is 2.63. The maximum absolute atomic E-state index is 12.1. The van der Waals surface area contributed by atoms with Crippen LogP contribution in [0.3, 0.4) is 0 Å². The number of amides is 1. The van der Waals surface area contributed by atoms with E-state index in [1.165, 1.54) is 7.11 Å². The minimum atomic E-state index is -4.37. The van der Waals surface area contributed by atoms with Crippen LogP contribution < -0.4 is 0 Å². The van der Waals surface area contributed by atoms with E-state index >= 15 is 0 Å². The molecule has 8 heteroatoms. The van der Waals surface area contributed by atoms with Crippen molar-refractivity contribution in [3.8, 4) is 0 Å². The van der Waals surface area contributed by atoms with E-state index in [1.807, 2.05) is 0 Å². The van der Waals surface area contributed by atoms with Crippen molar-refractivity contribution in [1.82, 2.24) is 9.80 Å². The number of ether oxygens (including phenoxy) is 1. The molecule has 104 valence electrons. The molecule has 0 spiro atoms. The lowest BCUT2D eigenvalue weighted by atomic mass is 10.2. The highest BCUT2D eigenvalue weighted by Gasteiger charge is 2.35. The van der Waals surface area contributed by atoms with Gasteiger partial charge in [-0.25, -0.2) is 0 Å². The molecule has 0 unspecified atom stereocenters. The lowest BCUT2D eigenvalue weighted by Crippen LogP contribution is -2.53. The first-order chi connectivity index (χ1) is 8.31. The van der Waals surface area contributed by atoms with Gasteiger partial charge in [-0.1, -0.05) is 0 Å². The molecule has 1 heterocycles. The minimum absolute atomic E-state index is 0.0273. The van der Waals surface area contributed by atoms with Crippen molar-refractivity contribution in [2.45, 2.75) is 12.6 Å². The summed E-state index contributed by atoms with van der Waals surface area (Å²) < 4.78 is 40.9. The first-order valence-corrected chi connectivity index (χ1v) is 5.45. The Balaban J connectivity index is 2.37. The van der Waals surface area contributed by atoms with E-state index in [9.17, 15) is 22.8 Å². The Kier molecular flexibility index (Phi) is 4.94. The second kappa shape index (κ2) is 6.03. The molecule has 1 rings (SSSR count). The maximum atomic E-state index is 12.1. The van der Waals surface area contributed by atoms with Crippen molar-refractivity contribution in [3.05, 3.63) is 0 Å².